The molecule has 2 N–H and O–H groups in total. The van der Waals surface area contributed by atoms with Gasteiger partial charge >= 0.3 is 5.69 Å². The average Bonchev–Trinajstić information content (AvgIpc) is 3.66. The molecule has 0 unspecified atom stereocenters. The van der Waals surface area contributed by atoms with Crippen LogP contribution in [-0.2, 0) is 16.1 Å². The molecular formula is C26H27FN6O6S. The van der Waals surface area contributed by atoms with Gasteiger partial charge in [-0.1, -0.05) is 11.3 Å². The van der Waals surface area contributed by atoms with E-state index in [2.05, 4.69) is 15.5 Å². The van der Waals surface area contributed by atoms with Gasteiger partial charge in [-0.3, -0.25) is 14.2 Å². The smallest absolute Gasteiger partial charge is 0.332 e. The second kappa shape index (κ2) is 10.3. The predicted octanol–water partition coefficient (Wildman–Crippen LogP) is 1.60. The number of aliphatic hydroxyl groups is 1. The summed E-state index contributed by atoms with van der Waals surface area (Å²) in [5, 5.41) is 21.7. The molecule has 4 aromatic rings. The zero-order chi connectivity index (χ0) is 28.1. The van der Waals surface area contributed by atoms with Crippen molar-refractivity contribution < 1.29 is 23.8 Å². The van der Waals surface area contributed by atoms with Gasteiger partial charge in [0.05, 0.1) is 43.6 Å². The fourth-order valence-corrected chi connectivity index (χ4v) is 6.57. The summed E-state index contributed by atoms with van der Waals surface area (Å²) >= 11 is 1.16. The summed E-state index contributed by atoms with van der Waals surface area (Å²) in [7, 11) is 1.45. The molecule has 12 nitrogen and oxygen atoms in total. The first-order chi connectivity index (χ1) is 19.3. The number of hydrogen-bond donors (Lipinski definition) is 2. The maximum absolute atomic E-state index is 14.5. The van der Waals surface area contributed by atoms with E-state index in [1.807, 2.05) is 0 Å². The van der Waals surface area contributed by atoms with Gasteiger partial charge in [0.2, 0.25) is 5.91 Å². The first kappa shape index (κ1) is 26.3. The second-order valence-electron chi connectivity index (χ2n) is 9.95. The molecule has 0 radical (unpaired) electrons. The monoisotopic (exact) mass is 570 g/mol. The number of hydrogen-bond acceptors (Lipinski definition) is 9. The molecule has 2 fully saturated rings. The Balaban J connectivity index is 1.57. The van der Waals surface area contributed by atoms with Crippen LogP contribution in [0.3, 0.4) is 0 Å². The fourth-order valence-electron chi connectivity index (χ4n) is 5.35. The van der Waals surface area contributed by atoms with E-state index < -0.39 is 41.2 Å². The molecule has 1 saturated carbocycles. The Hall–Kier alpha value is -3.88. The van der Waals surface area contributed by atoms with Gasteiger partial charge < -0.3 is 19.9 Å². The van der Waals surface area contributed by atoms with Gasteiger partial charge in [-0.25, -0.2) is 13.8 Å². The number of nitrogens with zero attached hydrogens (tertiary/aromatic N) is 5. The number of ether oxygens (including phenoxy) is 2. The maximum Gasteiger partial charge on any atom is 0.332 e. The summed E-state index contributed by atoms with van der Waals surface area (Å²) in [6, 6.07) is 3.07. The van der Waals surface area contributed by atoms with Crippen LogP contribution in [0.2, 0.25) is 0 Å². The van der Waals surface area contributed by atoms with Crippen LogP contribution in [0.4, 0.5) is 4.39 Å². The van der Waals surface area contributed by atoms with E-state index in [9.17, 15) is 23.9 Å². The third-order valence-electron chi connectivity index (χ3n) is 7.46. The SMILES string of the molecule is COc1ccc(F)cc1[C@H](Cn1c(=O)n([C@@H]2CCNC2=O)c(=O)c2c(C)c(-n3nccn3)sc21)O[C@H]1C[C@H](O)C1. The molecule has 2 aliphatic rings. The van der Waals surface area contributed by atoms with Crippen LogP contribution in [0.15, 0.2) is 40.2 Å². The first-order valence-corrected chi connectivity index (χ1v) is 13.7. The Morgan fingerprint density at radius 3 is 2.62 bits per heavy atom. The van der Waals surface area contributed by atoms with Crippen LogP contribution >= 0.6 is 11.3 Å². The van der Waals surface area contributed by atoms with Crippen LogP contribution in [0.1, 0.15) is 42.5 Å². The molecule has 0 spiro atoms. The highest BCUT2D eigenvalue weighted by Crippen LogP contribution is 2.37. The summed E-state index contributed by atoms with van der Waals surface area (Å²) in [5.74, 6) is -0.556. The zero-order valence-corrected chi connectivity index (χ0v) is 22.6. The minimum absolute atomic E-state index is 0.109. The Kier molecular flexibility index (Phi) is 6.76. The lowest BCUT2D eigenvalue weighted by molar-refractivity contribution is -0.122. The molecule has 2 atom stereocenters. The van der Waals surface area contributed by atoms with E-state index in [1.54, 1.807) is 6.92 Å². The van der Waals surface area contributed by atoms with E-state index >= 15 is 0 Å². The Labute approximate surface area is 230 Å². The number of amides is 1. The lowest BCUT2D eigenvalue weighted by Gasteiger charge is -2.35. The topological polar surface area (TPSA) is 142 Å². The molecule has 1 saturated heterocycles. The fraction of sp³-hybridized carbons (Fsp3) is 0.423. The summed E-state index contributed by atoms with van der Waals surface area (Å²) in [6.07, 6.45) is 2.40. The highest BCUT2D eigenvalue weighted by molar-refractivity contribution is 7.21. The molecular weight excluding hydrogens is 543 g/mol. The molecule has 6 rings (SSSR count). The molecule has 1 amide bonds. The van der Waals surface area contributed by atoms with Crippen molar-refractivity contribution in [2.45, 2.75) is 57.1 Å². The Morgan fingerprint density at radius 2 is 1.98 bits per heavy atom. The minimum Gasteiger partial charge on any atom is -0.496 e. The number of aryl methyl sites for hydroxylation is 1. The van der Waals surface area contributed by atoms with E-state index in [4.69, 9.17) is 9.47 Å². The highest BCUT2D eigenvalue weighted by Gasteiger charge is 2.35. The van der Waals surface area contributed by atoms with Crippen LogP contribution < -0.4 is 21.3 Å². The quantitative estimate of drug-likeness (QED) is 0.325. The first-order valence-electron chi connectivity index (χ1n) is 12.9. The van der Waals surface area contributed by atoms with Crippen molar-refractivity contribution in [3.8, 4) is 10.8 Å². The lowest BCUT2D eigenvalue weighted by Crippen LogP contribution is -2.45. The number of thiophene rings is 1. The molecule has 4 heterocycles. The van der Waals surface area contributed by atoms with Crippen molar-refractivity contribution in [2.24, 2.45) is 0 Å². The van der Waals surface area contributed by atoms with Gasteiger partial charge in [-0.05, 0) is 44.4 Å². The molecule has 1 aliphatic carbocycles. The normalized spacial score (nSPS) is 21.4. The Bertz CT molecular complexity index is 1710. The standard InChI is InChI=1S/C26H27FN6O6S/c1-13-21-23(36)32(18-5-6-28-22(18)35)26(37)31(25(21)40-24(13)33-29-7-8-30-33)12-20(39-16-10-15(34)11-16)17-9-14(27)3-4-19(17)38-2/h3-4,7-9,15-16,18,20,34H,5-6,10-12H2,1-2H3,(H,28,35)/t15-,16-,18-,20+/m1/s1. The summed E-state index contributed by atoms with van der Waals surface area (Å²) < 4.78 is 28.7. The summed E-state index contributed by atoms with van der Waals surface area (Å²) in [6.45, 7) is 1.98. The van der Waals surface area contributed by atoms with Crippen molar-refractivity contribution >= 4 is 27.5 Å². The zero-order valence-electron chi connectivity index (χ0n) is 21.7. The van der Waals surface area contributed by atoms with Gasteiger partial charge in [-0.15, -0.1) is 4.80 Å². The number of carbonyl (C=O) groups excluding carboxylic acids is 1. The van der Waals surface area contributed by atoms with Gasteiger partial charge in [0.1, 0.15) is 33.5 Å². The largest absolute Gasteiger partial charge is 0.496 e. The number of halogens is 1. The van der Waals surface area contributed by atoms with Crippen LogP contribution in [0.5, 0.6) is 5.75 Å². The van der Waals surface area contributed by atoms with Crippen LogP contribution in [0, 0.1) is 12.7 Å². The minimum atomic E-state index is -0.967. The van der Waals surface area contributed by atoms with Gasteiger partial charge in [0.15, 0.2) is 0 Å². The number of aliphatic hydroxyl groups excluding tert-OH is 1. The molecule has 14 heteroatoms. The van der Waals surface area contributed by atoms with Crippen molar-refractivity contribution in [3.63, 3.8) is 0 Å². The predicted molar refractivity (Wildman–Crippen MR) is 142 cm³/mol. The van der Waals surface area contributed by atoms with Crippen molar-refractivity contribution in [2.75, 3.05) is 13.7 Å². The van der Waals surface area contributed by atoms with Crippen molar-refractivity contribution in [3.05, 3.63) is 68.4 Å². The number of methoxy groups -OCH3 is 1. The summed E-state index contributed by atoms with van der Waals surface area (Å²) in [4.78, 5) is 42.2. The number of benzene rings is 1. The van der Waals surface area contributed by atoms with Crippen LogP contribution in [0.25, 0.3) is 15.2 Å². The molecule has 210 valence electrons. The average molecular weight is 571 g/mol. The van der Waals surface area contributed by atoms with E-state index in [1.165, 1.54) is 47.1 Å². The number of carbonyl (C=O) groups is 1. The van der Waals surface area contributed by atoms with Crippen molar-refractivity contribution in [1.29, 1.82) is 0 Å². The maximum atomic E-state index is 14.5. The molecule has 40 heavy (non-hydrogen) atoms. The van der Waals surface area contributed by atoms with E-state index in [-0.39, 0.29) is 24.5 Å². The molecule has 1 aromatic carbocycles. The van der Waals surface area contributed by atoms with Gasteiger partial charge in [0.25, 0.3) is 5.56 Å². The third kappa shape index (κ3) is 4.41. The summed E-state index contributed by atoms with van der Waals surface area (Å²) in [5.41, 5.74) is -0.320. The van der Waals surface area contributed by atoms with E-state index in [0.29, 0.717) is 46.1 Å². The number of aromatic nitrogens is 5. The lowest BCUT2D eigenvalue weighted by atomic mass is 9.92. The van der Waals surface area contributed by atoms with Gasteiger partial charge in [-0.2, -0.15) is 10.2 Å². The molecule has 1 aliphatic heterocycles. The highest BCUT2D eigenvalue weighted by atomic mass is 32.1. The van der Waals surface area contributed by atoms with Crippen molar-refractivity contribution in [1.82, 2.24) is 29.4 Å². The number of fused-ring (bicyclic) bond motifs is 1. The third-order valence-corrected chi connectivity index (χ3v) is 8.74. The van der Waals surface area contributed by atoms with E-state index in [0.717, 1.165) is 15.9 Å². The van der Waals surface area contributed by atoms with Gasteiger partial charge in [0, 0.05) is 17.7 Å². The Morgan fingerprint density at radius 1 is 1.23 bits per heavy atom. The van der Waals surface area contributed by atoms with Crippen LogP contribution in [-0.4, -0.2) is 61.0 Å². The second-order valence-corrected chi connectivity index (χ2v) is 10.9. The molecule has 3 aromatic heterocycles. The number of nitrogens with one attached hydrogen (secondary N) is 1. The number of rotatable bonds is 8. The molecule has 0 bridgehead atoms.